The summed E-state index contributed by atoms with van der Waals surface area (Å²) in [5.41, 5.74) is 5.90. The molecule has 1 aromatic heterocycles. The maximum absolute atomic E-state index is 13.1. The highest BCUT2D eigenvalue weighted by atomic mass is 16.6. The van der Waals surface area contributed by atoms with Crippen LogP contribution in [0.25, 0.3) is 11.8 Å². The third-order valence-electron chi connectivity index (χ3n) is 5.58. The van der Waals surface area contributed by atoms with Gasteiger partial charge in [-0.15, -0.1) is 0 Å². The summed E-state index contributed by atoms with van der Waals surface area (Å²) in [6, 6.07) is 27.8. The number of nitrogens with one attached hydrogen (secondary N) is 2. The Bertz CT molecular complexity index is 1550. The number of nitro benzene ring substituents is 1. The second-order valence-electron chi connectivity index (χ2n) is 8.45. The molecule has 4 rings (SSSR count). The fourth-order valence-corrected chi connectivity index (χ4v) is 3.71. The third kappa shape index (κ3) is 7.23. The van der Waals surface area contributed by atoms with Gasteiger partial charge in [0.25, 0.3) is 17.5 Å². The molecule has 9 heteroatoms. The number of carbonyl (C=O) groups excluding carboxylic acids is 2. The van der Waals surface area contributed by atoms with E-state index in [1.807, 2.05) is 43.3 Å². The summed E-state index contributed by atoms with van der Waals surface area (Å²) in [6.45, 7) is 1.83. The van der Waals surface area contributed by atoms with Crippen LogP contribution in [-0.2, 0) is 4.79 Å². The quantitative estimate of drug-likeness (QED) is 0.103. The zero-order chi connectivity index (χ0) is 27.6. The first kappa shape index (κ1) is 26.5. The number of nitrogens with zero attached hydrogens (tertiary/aromatic N) is 3. The highest BCUT2D eigenvalue weighted by Crippen LogP contribution is 2.17. The van der Waals surface area contributed by atoms with Crippen molar-refractivity contribution in [3.63, 3.8) is 0 Å². The molecule has 1 heterocycles. The van der Waals surface area contributed by atoms with Gasteiger partial charge in [0.05, 0.1) is 16.8 Å². The zero-order valence-corrected chi connectivity index (χ0v) is 21.0. The number of hydrazone groups is 1. The Kier molecular flexibility index (Phi) is 8.56. The Morgan fingerprint density at radius 3 is 2.23 bits per heavy atom. The van der Waals surface area contributed by atoms with Crippen LogP contribution in [0.1, 0.15) is 28.5 Å². The Morgan fingerprint density at radius 1 is 0.897 bits per heavy atom. The molecule has 0 saturated heterocycles. The summed E-state index contributed by atoms with van der Waals surface area (Å²) < 4.78 is 1.76. The molecule has 9 nitrogen and oxygen atoms in total. The van der Waals surface area contributed by atoms with Crippen molar-refractivity contribution in [2.75, 3.05) is 0 Å². The number of carbonyl (C=O) groups is 2. The number of amides is 2. The summed E-state index contributed by atoms with van der Waals surface area (Å²) in [4.78, 5) is 36.3. The van der Waals surface area contributed by atoms with Crippen LogP contribution in [0.5, 0.6) is 0 Å². The van der Waals surface area contributed by atoms with E-state index in [0.29, 0.717) is 16.9 Å². The average molecular weight is 520 g/mol. The summed E-state index contributed by atoms with van der Waals surface area (Å²) in [6.07, 6.45) is 6.69. The van der Waals surface area contributed by atoms with Crippen LogP contribution in [0.15, 0.2) is 126 Å². The van der Waals surface area contributed by atoms with Crippen LogP contribution in [0.4, 0.5) is 5.69 Å². The van der Waals surface area contributed by atoms with Gasteiger partial charge in [0.15, 0.2) is 0 Å². The summed E-state index contributed by atoms with van der Waals surface area (Å²) in [7, 11) is 0. The molecule has 0 saturated carbocycles. The lowest BCUT2D eigenvalue weighted by Crippen LogP contribution is -2.33. The minimum atomic E-state index is -0.607. The molecule has 0 aliphatic rings. The number of rotatable bonds is 9. The third-order valence-corrected chi connectivity index (χ3v) is 5.58. The fraction of sp³-hybridized carbons (Fsp3) is 0.0333. The van der Waals surface area contributed by atoms with Crippen molar-refractivity contribution < 1.29 is 14.5 Å². The molecule has 0 atom stereocenters. The molecule has 0 radical (unpaired) electrons. The lowest BCUT2D eigenvalue weighted by atomic mass is 10.1. The van der Waals surface area contributed by atoms with E-state index in [2.05, 4.69) is 15.8 Å². The first-order chi connectivity index (χ1) is 18.9. The molecular formula is C30H25N5O4. The number of hydrogen-bond acceptors (Lipinski definition) is 5. The van der Waals surface area contributed by atoms with E-state index in [0.717, 1.165) is 11.1 Å². The van der Waals surface area contributed by atoms with Crippen molar-refractivity contribution in [3.05, 3.63) is 148 Å². The topological polar surface area (TPSA) is 119 Å². The fourth-order valence-electron chi connectivity index (χ4n) is 3.71. The lowest BCUT2D eigenvalue weighted by Gasteiger charge is -2.10. The minimum absolute atomic E-state index is 0.0122. The van der Waals surface area contributed by atoms with E-state index in [-0.39, 0.29) is 11.4 Å². The average Bonchev–Trinajstić information content (AvgIpc) is 3.42. The van der Waals surface area contributed by atoms with E-state index in [4.69, 9.17) is 0 Å². The molecule has 194 valence electrons. The van der Waals surface area contributed by atoms with Gasteiger partial charge >= 0.3 is 0 Å². The highest BCUT2D eigenvalue weighted by Gasteiger charge is 2.14. The van der Waals surface area contributed by atoms with Crippen LogP contribution in [0.2, 0.25) is 0 Å². The van der Waals surface area contributed by atoms with E-state index >= 15 is 0 Å². The molecule has 2 amide bonds. The Balaban J connectivity index is 1.53. The molecule has 39 heavy (non-hydrogen) atoms. The van der Waals surface area contributed by atoms with Crippen molar-refractivity contribution in [2.24, 2.45) is 5.10 Å². The Labute approximate surface area is 225 Å². The molecule has 2 N–H and O–H groups in total. The number of benzene rings is 3. The maximum Gasteiger partial charge on any atom is 0.287 e. The van der Waals surface area contributed by atoms with E-state index in [1.165, 1.54) is 18.3 Å². The van der Waals surface area contributed by atoms with Crippen molar-refractivity contribution >= 4 is 29.8 Å². The van der Waals surface area contributed by atoms with Crippen LogP contribution < -0.4 is 10.7 Å². The summed E-state index contributed by atoms with van der Waals surface area (Å²) >= 11 is 0. The molecule has 0 spiro atoms. The summed E-state index contributed by atoms with van der Waals surface area (Å²) in [5.74, 6) is -1.04. The largest absolute Gasteiger partial charge is 0.317 e. The number of allylic oxidation sites excluding steroid dienone is 2. The Hall–Kier alpha value is -5.57. The summed E-state index contributed by atoms with van der Waals surface area (Å²) in [5, 5.41) is 17.7. The number of non-ortho nitro benzene ring substituents is 1. The lowest BCUT2D eigenvalue weighted by molar-refractivity contribution is -0.384. The second-order valence-corrected chi connectivity index (χ2v) is 8.45. The van der Waals surface area contributed by atoms with Crippen molar-refractivity contribution in [3.8, 4) is 5.69 Å². The van der Waals surface area contributed by atoms with Gasteiger partial charge in [-0.05, 0) is 60.5 Å². The van der Waals surface area contributed by atoms with Gasteiger partial charge in [0.1, 0.15) is 5.70 Å². The molecule has 0 aliphatic heterocycles. The van der Waals surface area contributed by atoms with E-state index < -0.39 is 16.7 Å². The first-order valence-electron chi connectivity index (χ1n) is 12.0. The number of nitro groups is 1. The van der Waals surface area contributed by atoms with Crippen molar-refractivity contribution in [1.82, 2.24) is 15.3 Å². The minimum Gasteiger partial charge on any atom is -0.317 e. The van der Waals surface area contributed by atoms with Crippen LogP contribution >= 0.6 is 0 Å². The van der Waals surface area contributed by atoms with E-state index in [1.54, 1.807) is 71.4 Å². The molecule has 0 aliphatic carbocycles. The number of hydrogen-bond donors (Lipinski definition) is 2. The van der Waals surface area contributed by atoms with Crippen LogP contribution in [-0.4, -0.2) is 27.5 Å². The van der Waals surface area contributed by atoms with Gasteiger partial charge < -0.3 is 9.88 Å². The monoisotopic (exact) mass is 519 g/mol. The SMILES string of the molecule is CC(=C/c1ccccc1)/C=C(/NC(=O)c1ccccc1)C(=O)N/N=C\c1cccn1-c1ccc([N+](=O)[O-])cc1. The van der Waals surface area contributed by atoms with Crippen LogP contribution in [0, 0.1) is 10.1 Å². The highest BCUT2D eigenvalue weighted by molar-refractivity contribution is 6.03. The van der Waals surface area contributed by atoms with Gasteiger partial charge in [0.2, 0.25) is 0 Å². The normalized spacial score (nSPS) is 11.8. The van der Waals surface area contributed by atoms with Crippen molar-refractivity contribution in [1.29, 1.82) is 0 Å². The molecule has 4 aromatic rings. The van der Waals surface area contributed by atoms with Crippen LogP contribution in [0.3, 0.4) is 0 Å². The predicted octanol–water partition coefficient (Wildman–Crippen LogP) is 5.25. The second kappa shape index (κ2) is 12.6. The maximum atomic E-state index is 13.1. The molecule has 0 fully saturated rings. The Morgan fingerprint density at radius 2 is 1.56 bits per heavy atom. The van der Waals surface area contributed by atoms with Crippen molar-refractivity contribution in [2.45, 2.75) is 6.92 Å². The standard InChI is InChI=1S/C30H25N5O4/c1-22(19-23-9-4-2-5-10-23)20-28(32-29(36)24-11-6-3-7-12-24)30(37)33-31-21-27-13-8-18-34(27)25-14-16-26(17-15-25)35(38)39/h2-21H,1H3,(H,32,36)(H,33,37)/b22-19-,28-20+,31-21-. The van der Waals surface area contributed by atoms with Gasteiger partial charge in [-0.1, -0.05) is 54.6 Å². The molecular weight excluding hydrogens is 494 g/mol. The smallest absolute Gasteiger partial charge is 0.287 e. The van der Waals surface area contributed by atoms with Gasteiger partial charge in [-0.3, -0.25) is 19.7 Å². The molecule has 3 aromatic carbocycles. The van der Waals surface area contributed by atoms with Gasteiger partial charge in [-0.2, -0.15) is 5.10 Å². The molecule has 0 unspecified atom stereocenters. The first-order valence-corrected chi connectivity index (χ1v) is 12.0. The van der Waals surface area contributed by atoms with Gasteiger partial charge in [0, 0.05) is 29.6 Å². The molecule has 0 bridgehead atoms. The van der Waals surface area contributed by atoms with Gasteiger partial charge in [-0.25, -0.2) is 5.43 Å². The predicted molar refractivity (Wildman–Crippen MR) is 150 cm³/mol. The zero-order valence-electron chi connectivity index (χ0n) is 21.0. The van der Waals surface area contributed by atoms with E-state index in [9.17, 15) is 19.7 Å². The number of aromatic nitrogens is 1.